The van der Waals surface area contributed by atoms with Gasteiger partial charge in [-0.1, -0.05) is 18.2 Å². The summed E-state index contributed by atoms with van der Waals surface area (Å²) < 4.78 is 5.23. The molecule has 7 nitrogen and oxygen atoms in total. The van der Waals surface area contributed by atoms with Crippen molar-refractivity contribution in [1.82, 2.24) is 15.5 Å². The Morgan fingerprint density at radius 3 is 2.73 bits per heavy atom. The summed E-state index contributed by atoms with van der Waals surface area (Å²) in [6.07, 6.45) is 0.603. The highest BCUT2D eigenvalue weighted by Gasteiger charge is 2.35. The lowest BCUT2D eigenvalue weighted by atomic mass is 10.1. The van der Waals surface area contributed by atoms with Crippen molar-refractivity contribution in [1.29, 1.82) is 0 Å². The van der Waals surface area contributed by atoms with Crippen LogP contribution < -0.4 is 15.4 Å². The standard InChI is InChI=1S/C15H19N3O4/c1-10-14(20)18(15(21)17-10)9-13(19)16-8-7-11-5-3-4-6-12(11)22-2/h3-6,10H,7-9H2,1-2H3,(H,16,19)(H,17,21)/t10-/m1/s1. The minimum Gasteiger partial charge on any atom is -0.496 e. The number of hydrogen-bond donors (Lipinski definition) is 2. The molecule has 2 N–H and O–H groups in total. The number of para-hydroxylation sites is 1. The number of hydrogen-bond acceptors (Lipinski definition) is 4. The zero-order chi connectivity index (χ0) is 16.1. The fraction of sp³-hybridized carbons (Fsp3) is 0.400. The lowest BCUT2D eigenvalue weighted by molar-refractivity contribution is -0.131. The van der Waals surface area contributed by atoms with E-state index in [1.807, 2.05) is 24.3 Å². The van der Waals surface area contributed by atoms with Crippen molar-refractivity contribution in [2.75, 3.05) is 20.2 Å². The first kappa shape index (κ1) is 15.8. The Balaban J connectivity index is 1.81. The highest BCUT2D eigenvalue weighted by molar-refractivity contribution is 6.06. The van der Waals surface area contributed by atoms with Crippen molar-refractivity contribution in [3.05, 3.63) is 29.8 Å². The molecule has 4 amide bonds. The maximum absolute atomic E-state index is 11.8. The number of carbonyl (C=O) groups excluding carboxylic acids is 3. The Hall–Kier alpha value is -2.57. The Kier molecular flexibility index (Phi) is 4.98. The molecule has 0 spiro atoms. The van der Waals surface area contributed by atoms with Gasteiger partial charge in [0.1, 0.15) is 18.3 Å². The SMILES string of the molecule is COc1ccccc1CCNC(=O)CN1C(=O)N[C@H](C)C1=O. The molecule has 1 aromatic rings. The molecule has 0 unspecified atom stereocenters. The molecule has 1 atom stereocenters. The number of rotatable bonds is 6. The van der Waals surface area contributed by atoms with Gasteiger partial charge in [0.2, 0.25) is 5.91 Å². The summed E-state index contributed by atoms with van der Waals surface area (Å²) in [4.78, 5) is 35.9. The molecule has 0 bridgehead atoms. The van der Waals surface area contributed by atoms with E-state index in [-0.39, 0.29) is 18.4 Å². The van der Waals surface area contributed by atoms with Crippen LogP contribution in [-0.4, -0.2) is 49.0 Å². The molecule has 1 aliphatic rings. The van der Waals surface area contributed by atoms with Gasteiger partial charge in [0.25, 0.3) is 5.91 Å². The zero-order valence-corrected chi connectivity index (χ0v) is 12.6. The van der Waals surface area contributed by atoms with Gasteiger partial charge in [0.15, 0.2) is 0 Å². The molecular formula is C15H19N3O4. The van der Waals surface area contributed by atoms with E-state index in [4.69, 9.17) is 4.74 Å². The van der Waals surface area contributed by atoms with Gasteiger partial charge in [-0.3, -0.25) is 14.5 Å². The van der Waals surface area contributed by atoms with Gasteiger partial charge in [-0.25, -0.2) is 4.79 Å². The average Bonchev–Trinajstić information content (AvgIpc) is 2.74. The molecule has 0 saturated carbocycles. The first-order chi connectivity index (χ1) is 10.5. The second-order valence-electron chi connectivity index (χ2n) is 5.01. The van der Waals surface area contributed by atoms with Crippen LogP contribution in [0.25, 0.3) is 0 Å². The van der Waals surface area contributed by atoms with Crippen LogP contribution in [0.2, 0.25) is 0 Å². The third-order valence-electron chi connectivity index (χ3n) is 3.43. The van der Waals surface area contributed by atoms with Crippen LogP contribution in [0.5, 0.6) is 5.75 Å². The van der Waals surface area contributed by atoms with Crippen molar-refractivity contribution in [2.45, 2.75) is 19.4 Å². The first-order valence-electron chi connectivity index (χ1n) is 7.03. The second kappa shape index (κ2) is 6.93. The number of ether oxygens (including phenoxy) is 1. The van der Waals surface area contributed by atoms with E-state index in [2.05, 4.69) is 10.6 Å². The van der Waals surface area contributed by atoms with Gasteiger partial charge in [0, 0.05) is 6.54 Å². The normalized spacial score (nSPS) is 17.4. The molecular weight excluding hydrogens is 286 g/mol. The number of benzene rings is 1. The number of urea groups is 1. The third-order valence-corrected chi connectivity index (χ3v) is 3.43. The van der Waals surface area contributed by atoms with Gasteiger partial charge >= 0.3 is 6.03 Å². The van der Waals surface area contributed by atoms with E-state index in [0.29, 0.717) is 13.0 Å². The molecule has 1 heterocycles. The zero-order valence-electron chi connectivity index (χ0n) is 12.6. The summed E-state index contributed by atoms with van der Waals surface area (Å²) in [5.74, 6) is 0.0112. The van der Waals surface area contributed by atoms with E-state index in [1.165, 1.54) is 0 Å². The van der Waals surface area contributed by atoms with Crippen LogP contribution in [0.3, 0.4) is 0 Å². The molecule has 1 aromatic carbocycles. The molecule has 0 aliphatic carbocycles. The van der Waals surface area contributed by atoms with Crippen molar-refractivity contribution in [3.8, 4) is 5.75 Å². The highest BCUT2D eigenvalue weighted by Crippen LogP contribution is 2.17. The number of nitrogens with zero attached hydrogens (tertiary/aromatic N) is 1. The summed E-state index contributed by atoms with van der Waals surface area (Å²) >= 11 is 0. The van der Waals surface area contributed by atoms with Gasteiger partial charge in [-0.2, -0.15) is 0 Å². The Morgan fingerprint density at radius 1 is 1.36 bits per heavy atom. The van der Waals surface area contributed by atoms with Gasteiger partial charge in [0.05, 0.1) is 7.11 Å². The van der Waals surface area contributed by atoms with Crippen LogP contribution in [-0.2, 0) is 16.0 Å². The topological polar surface area (TPSA) is 87.7 Å². The van der Waals surface area contributed by atoms with Crippen molar-refractivity contribution in [3.63, 3.8) is 0 Å². The Morgan fingerprint density at radius 2 is 2.09 bits per heavy atom. The number of imide groups is 1. The van der Waals surface area contributed by atoms with Crippen molar-refractivity contribution < 1.29 is 19.1 Å². The van der Waals surface area contributed by atoms with Crippen LogP contribution in [0, 0.1) is 0 Å². The quantitative estimate of drug-likeness (QED) is 0.740. The average molecular weight is 305 g/mol. The van der Waals surface area contributed by atoms with Crippen molar-refractivity contribution in [2.24, 2.45) is 0 Å². The predicted molar refractivity (Wildman–Crippen MR) is 79.4 cm³/mol. The summed E-state index contributed by atoms with van der Waals surface area (Å²) in [5, 5.41) is 5.16. The maximum atomic E-state index is 11.8. The van der Waals surface area contributed by atoms with Gasteiger partial charge in [-0.05, 0) is 25.0 Å². The van der Waals surface area contributed by atoms with Gasteiger partial charge in [-0.15, -0.1) is 0 Å². The predicted octanol–water partition coefficient (Wildman–Crippen LogP) is 0.294. The molecule has 1 aliphatic heterocycles. The molecule has 1 saturated heterocycles. The van der Waals surface area contributed by atoms with E-state index in [0.717, 1.165) is 16.2 Å². The monoisotopic (exact) mass is 305 g/mol. The van der Waals surface area contributed by atoms with E-state index in [9.17, 15) is 14.4 Å². The molecule has 0 radical (unpaired) electrons. The minimum absolute atomic E-state index is 0.263. The van der Waals surface area contributed by atoms with Crippen LogP contribution >= 0.6 is 0 Å². The summed E-state index contributed by atoms with van der Waals surface area (Å²) in [5.41, 5.74) is 0.980. The van der Waals surface area contributed by atoms with Gasteiger partial charge < -0.3 is 15.4 Å². The minimum atomic E-state index is -0.575. The summed E-state index contributed by atoms with van der Waals surface area (Å²) in [6, 6.07) is 6.44. The number of nitrogens with one attached hydrogen (secondary N) is 2. The van der Waals surface area contributed by atoms with E-state index in [1.54, 1.807) is 14.0 Å². The number of amides is 4. The molecule has 7 heteroatoms. The largest absolute Gasteiger partial charge is 0.496 e. The highest BCUT2D eigenvalue weighted by atomic mass is 16.5. The molecule has 0 aromatic heterocycles. The van der Waals surface area contributed by atoms with E-state index >= 15 is 0 Å². The Labute approximate surface area is 128 Å². The van der Waals surface area contributed by atoms with Crippen LogP contribution in [0.4, 0.5) is 4.79 Å². The van der Waals surface area contributed by atoms with Crippen molar-refractivity contribution >= 4 is 17.8 Å². The fourth-order valence-electron chi connectivity index (χ4n) is 2.25. The lowest BCUT2D eigenvalue weighted by Crippen LogP contribution is -2.41. The third kappa shape index (κ3) is 3.55. The Bertz CT molecular complexity index is 588. The van der Waals surface area contributed by atoms with Crippen LogP contribution in [0.15, 0.2) is 24.3 Å². The molecule has 2 rings (SSSR count). The lowest BCUT2D eigenvalue weighted by Gasteiger charge is -2.13. The van der Waals surface area contributed by atoms with Crippen LogP contribution in [0.1, 0.15) is 12.5 Å². The fourth-order valence-corrected chi connectivity index (χ4v) is 2.25. The molecule has 1 fully saturated rings. The summed E-state index contributed by atoms with van der Waals surface area (Å²) in [7, 11) is 1.59. The molecule has 22 heavy (non-hydrogen) atoms. The number of methoxy groups -OCH3 is 1. The maximum Gasteiger partial charge on any atom is 0.325 e. The van der Waals surface area contributed by atoms with E-state index < -0.39 is 12.1 Å². The molecule has 118 valence electrons. The first-order valence-corrected chi connectivity index (χ1v) is 7.03. The summed E-state index contributed by atoms with van der Waals surface area (Å²) in [6.45, 7) is 1.72. The second-order valence-corrected chi connectivity index (χ2v) is 5.01. The number of carbonyl (C=O) groups is 3. The smallest absolute Gasteiger partial charge is 0.325 e.